The van der Waals surface area contributed by atoms with E-state index in [1.165, 1.54) is 12.1 Å². The molecule has 2 rings (SSSR count). The Morgan fingerprint density at radius 3 is 2.29 bits per heavy atom. The van der Waals surface area contributed by atoms with Crippen molar-refractivity contribution in [2.45, 2.75) is 95.9 Å². The van der Waals surface area contributed by atoms with Crippen molar-refractivity contribution in [3.63, 3.8) is 0 Å². The van der Waals surface area contributed by atoms with Crippen molar-refractivity contribution in [3.05, 3.63) is 29.8 Å². The molecule has 2 N–H and O–H groups in total. The molecule has 0 amide bonds. The lowest BCUT2D eigenvalue weighted by molar-refractivity contribution is -0.315. The lowest BCUT2D eigenvalue weighted by Gasteiger charge is -2.45. The Balaban J connectivity index is 2.19. The van der Waals surface area contributed by atoms with Crippen LogP contribution in [0, 0.1) is 18.8 Å². The highest BCUT2D eigenvalue weighted by Crippen LogP contribution is 2.35. The van der Waals surface area contributed by atoms with Crippen molar-refractivity contribution in [2.75, 3.05) is 6.61 Å². The second-order valence-electron chi connectivity index (χ2n) is 9.22. The van der Waals surface area contributed by atoms with E-state index in [0.29, 0.717) is 12.8 Å². The van der Waals surface area contributed by atoms with Gasteiger partial charge in [0.25, 0.3) is 10.1 Å². The lowest BCUT2D eigenvalue weighted by Crippen LogP contribution is -2.58. The molecule has 0 aromatic heterocycles. The molecular weight excluding hydrogens is 420 g/mol. The van der Waals surface area contributed by atoms with E-state index in [-0.39, 0.29) is 17.4 Å². The van der Waals surface area contributed by atoms with Crippen LogP contribution in [0.3, 0.4) is 0 Å². The van der Waals surface area contributed by atoms with Gasteiger partial charge in [0, 0.05) is 5.92 Å². The molecule has 178 valence electrons. The Bertz CT molecular complexity index is 791. The van der Waals surface area contributed by atoms with Gasteiger partial charge in [-0.15, -0.1) is 0 Å². The number of aliphatic hydroxyl groups excluding tert-OH is 2. The summed E-state index contributed by atoms with van der Waals surface area (Å²) in [5.74, 6) is -0.248. The Morgan fingerprint density at radius 2 is 1.74 bits per heavy atom. The SMILES string of the molecule is CC[C@H](C)CC1C(O)C(COS(=O)(=O)c2ccc(C)cc2)OC(OC(C)(C)CC)C1O. The van der Waals surface area contributed by atoms with E-state index < -0.39 is 46.2 Å². The summed E-state index contributed by atoms with van der Waals surface area (Å²) < 4.78 is 42.2. The molecule has 1 heterocycles. The minimum Gasteiger partial charge on any atom is -0.390 e. The van der Waals surface area contributed by atoms with Crippen LogP contribution in [-0.2, 0) is 23.8 Å². The largest absolute Gasteiger partial charge is 0.390 e. The van der Waals surface area contributed by atoms with Crippen LogP contribution in [0.1, 0.15) is 59.4 Å². The van der Waals surface area contributed by atoms with Crippen molar-refractivity contribution in [1.82, 2.24) is 0 Å². The van der Waals surface area contributed by atoms with Crippen molar-refractivity contribution in [1.29, 1.82) is 0 Å². The Labute approximate surface area is 186 Å². The van der Waals surface area contributed by atoms with Gasteiger partial charge < -0.3 is 19.7 Å². The van der Waals surface area contributed by atoms with Crippen LogP contribution >= 0.6 is 0 Å². The predicted octanol–water partition coefficient (Wildman–Crippen LogP) is 3.40. The summed E-state index contributed by atoms with van der Waals surface area (Å²) in [6, 6.07) is 6.34. The van der Waals surface area contributed by atoms with Crippen molar-refractivity contribution >= 4 is 10.1 Å². The smallest absolute Gasteiger partial charge is 0.297 e. The van der Waals surface area contributed by atoms with E-state index in [2.05, 4.69) is 0 Å². The van der Waals surface area contributed by atoms with E-state index in [1.54, 1.807) is 12.1 Å². The lowest BCUT2D eigenvalue weighted by atomic mass is 9.81. The van der Waals surface area contributed by atoms with Gasteiger partial charge >= 0.3 is 0 Å². The zero-order valence-electron chi connectivity index (χ0n) is 19.4. The average Bonchev–Trinajstić information content (AvgIpc) is 2.72. The summed E-state index contributed by atoms with van der Waals surface area (Å²) in [5.41, 5.74) is 0.388. The van der Waals surface area contributed by atoms with E-state index >= 15 is 0 Å². The van der Waals surface area contributed by atoms with Crippen LogP contribution in [0.25, 0.3) is 0 Å². The summed E-state index contributed by atoms with van der Waals surface area (Å²) in [6.07, 6.45) is -1.89. The third-order valence-electron chi connectivity index (χ3n) is 6.20. The van der Waals surface area contributed by atoms with Crippen molar-refractivity contribution < 1.29 is 32.3 Å². The fourth-order valence-corrected chi connectivity index (χ4v) is 4.40. The zero-order chi connectivity index (χ0) is 23.4. The fourth-order valence-electron chi connectivity index (χ4n) is 3.49. The maximum absolute atomic E-state index is 12.6. The second kappa shape index (κ2) is 10.7. The Hall–Kier alpha value is -1.03. The van der Waals surface area contributed by atoms with E-state index in [4.69, 9.17) is 13.7 Å². The van der Waals surface area contributed by atoms with Crippen LogP contribution in [0.4, 0.5) is 0 Å². The first kappa shape index (κ1) is 26.2. The van der Waals surface area contributed by atoms with Gasteiger partial charge in [-0.2, -0.15) is 8.42 Å². The van der Waals surface area contributed by atoms with Gasteiger partial charge in [0.1, 0.15) is 12.2 Å². The number of hydrogen-bond donors (Lipinski definition) is 2. The first-order valence-electron chi connectivity index (χ1n) is 11.1. The van der Waals surface area contributed by atoms with Crippen LogP contribution in [-0.4, -0.2) is 55.4 Å². The minimum absolute atomic E-state index is 0.0412. The molecular formula is C23H38O7S. The Kier molecular flexibility index (Phi) is 9.07. The standard InChI is InChI=1S/C23H38O7S/c1-7-15(3)13-18-20(24)19(29-22(21(18)25)30-23(5,6)8-2)14-28-31(26,27)17-11-9-16(4)10-12-17/h9-12,15,18-22,24-25H,7-8,13-14H2,1-6H3/t15-,18?,19?,20?,21?,22?/m0/s1. The molecule has 31 heavy (non-hydrogen) atoms. The van der Waals surface area contributed by atoms with Gasteiger partial charge in [-0.3, -0.25) is 4.18 Å². The number of aliphatic hydroxyl groups is 2. The topological polar surface area (TPSA) is 102 Å². The molecule has 1 aliphatic heterocycles. The summed E-state index contributed by atoms with van der Waals surface area (Å²) in [4.78, 5) is 0.0412. The van der Waals surface area contributed by atoms with E-state index in [0.717, 1.165) is 12.0 Å². The average molecular weight is 459 g/mol. The molecule has 1 aliphatic rings. The van der Waals surface area contributed by atoms with Gasteiger partial charge in [0.05, 0.1) is 23.2 Å². The highest BCUT2D eigenvalue weighted by Gasteiger charge is 2.47. The molecule has 1 fully saturated rings. The van der Waals surface area contributed by atoms with E-state index in [1.807, 2.05) is 41.5 Å². The van der Waals surface area contributed by atoms with Crippen LogP contribution in [0.5, 0.6) is 0 Å². The van der Waals surface area contributed by atoms with Crippen LogP contribution in [0.15, 0.2) is 29.2 Å². The maximum atomic E-state index is 12.6. The third kappa shape index (κ3) is 6.97. The Morgan fingerprint density at radius 1 is 1.13 bits per heavy atom. The van der Waals surface area contributed by atoms with Crippen molar-refractivity contribution in [3.8, 4) is 0 Å². The summed E-state index contributed by atoms with van der Waals surface area (Å²) >= 11 is 0. The molecule has 0 radical (unpaired) electrons. The molecule has 5 unspecified atom stereocenters. The number of benzene rings is 1. The summed E-state index contributed by atoms with van der Waals surface area (Å²) in [7, 11) is -4.01. The molecule has 1 aromatic rings. The predicted molar refractivity (Wildman–Crippen MR) is 118 cm³/mol. The van der Waals surface area contributed by atoms with Crippen LogP contribution < -0.4 is 0 Å². The maximum Gasteiger partial charge on any atom is 0.297 e. The van der Waals surface area contributed by atoms with Gasteiger partial charge in [-0.1, -0.05) is 44.9 Å². The number of hydrogen-bond acceptors (Lipinski definition) is 7. The monoisotopic (exact) mass is 458 g/mol. The number of aryl methyl sites for hydroxylation is 1. The first-order valence-corrected chi connectivity index (χ1v) is 12.5. The minimum atomic E-state index is -4.01. The molecule has 0 bridgehead atoms. The molecule has 1 saturated heterocycles. The van der Waals surface area contributed by atoms with Crippen molar-refractivity contribution in [2.24, 2.45) is 11.8 Å². The van der Waals surface area contributed by atoms with Crippen LogP contribution in [0.2, 0.25) is 0 Å². The van der Waals surface area contributed by atoms with Gasteiger partial charge in [-0.25, -0.2) is 0 Å². The van der Waals surface area contributed by atoms with Gasteiger partial charge in [0.2, 0.25) is 0 Å². The normalized spacial score (nSPS) is 28.5. The van der Waals surface area contributed by atoms with E-state index in [9.17, 15) is 18.6 Å². The molecule has 0 aliphatic carbocycles. The molecule has 0 saturated carbocycles. The molecule has 6 atom stereocenters. The van der Waals surface area contributed by atoms with Gasteiger partial charge in [-0.05, 0) is 51.7 Å². The second-order valence-corrected chi connectivity index (χ2v) is 10.8. The fraction of sp³-hybridized carbons (Fsp3) is 0.739. The van der Waals surface area contributed by atoms with Gasteiger partial charge in [0.15, 0.2) is 6.29 Å². The quantitative estimate of drug-likeness (QED) is 0.518. The molecule has 7 nitrogen and oxygen atoms in total. The summed E-state index contributed by atoms with van der Waals surface area (Å²) in [6.45, 7) is 11.4. The summed E-state index contributed by atoms with van der Waals surface area (Å²) in [5, 5.41) is 21.8. The molecule has 0 spiro atoms. The number of ether oxygens (including phenoxy) is 2. The molecule has 8 heteroatoms. The first-order chi connectivity index (χ1) is 14.4. The zero-order valence-corrected chi connectivity index (χ0v) is 20.3. The third-order valence-corrected chi connectivity index (χ3v) is 7.50. The highest BCUT2D eigenvalue weighted by molar-refractivity contribution is 7.86. The molecule has 1 aromatic carbocycles. The number of rotatable bonds is 10. The highest BCUT2D eigenvalue weighted by atomic mass is 32.2.